The predicted molar refractivity (Wildman–Crippen MR) is 147 cm³/mol. The number of anilines is 1. The minimum Gasteiger partial charge on any atom is -0.497 e. The molecule has 0 spiro atoms. The molecule has 1 aliphatic heterocycles. The van der Waals surface area contributed by atoms with Crippen LogP contribution < -0.4 is 19.2 Å². The lowest BCUT2D eigenvalue weighted by atomic mass is 10.1. The standard InChI is InChI=1S/C28H32N4O5S/c1-36-24-13-14-26(27(19-24)37-2)32(38(34,35)25-11-7-4-8-12-25)21-28(33)30-29-23-15-17-31(18-16-23)20-22-9-5-3-6-10-22/h3-14,19H,15-18,20-21H2,1-2H3,(H,30,33). The molecule has 0 atom stereocenters. The molecule has 3 aromatic rings. The van der Waals surface area contributed by atoms with E-state index in [1.54, 1.807) is 36.4 Å². The van der Waals surface area contributed by atoms with E-state index in [9.17, 15) is 13.2 Å². The van der Waals surface area contributed by atoms with Crippen molar-refractivity contribution in [3.8, 4) is 11.5 Å². The van der Waals surface area contributed by atoms with Crippen molar-refractivity contribution in [1.82, 2.24) is 10.3 Å². The molecule has 4 rings (SSSR count). The molecule has 1 N–H and O–H groups in total. The Kier molecular flexibility index (Phi) is 8.98. The van der Waals surface area contributed by atoms with Crippen LogP contribution in [0.1, 0.15) is 18.4 Å². The lowest BCUT2D eigenvalue weighted by Crippen LogP contribution is -2.40. The van der Waals surface area contributed by atoms with E-state index in [2.05, 4.69) is 27.6 Å². The number of nitrogens with zero attached hydrogens (tertiary/aromatic N) is 3. The predicted octanol–water partition coefficient (Wildman–Crippen LogP) is 3.67. The summed E-state index contributed by atoms with van der Waals surface area (Å²) in [6.45, 7) is 2.07. The maximum Gasteiger partial charge on any atom is 0.264 e. The van der Waals surface area contributed by atoms with Crippen LogP contribution in [0.5, 0.6) is 11.5 Å². The van der Waals surface area contributed by atoms with Gasteiger partial charge in [0.15, 0.2) is 0 Å². The van der Waals surface area contributed by atoms with E-state index in [0.717, 1.165) is 42.5 Å². The van der Waals surface area contributed by atoms with Crippen molar-refractivity contribution in [3.63, 3.8) is 0 Å². The summed E-state index contributed by atoms with van der Waals surface area (Å²) >= 11 is 0. The lowest BCUT2D eigenvalue weighted by Gasteiger charge is -2.27. The van der Waals surface area contributed by atoms with Gasteiger partial charge in [0.1, 0.15) is 18.0 Å². The van der Waals surface area contributed by atoms with Gasteiger partial charge in [0.2, 0.25) is 0 Å². The van der Waals surface area contributed by atoms with Gasteiger partial charge in [-0.3, -0.25) is 14.0 Å². The number of ether oxygens (including phenoxy) is 2. The zero-order valence-electron chi connectivity index (χ0n) is 21.5. The average molecular weight is 537 g/mol. The first-order valence-corrected chi connectivity index (χ1v) is 13.7. The molecule has 0 bridgehead atoms. The van der Waals surface area contributed by atoms with Crippen molar-refractivity contribution in [2.45, 2.75) is 24.3 Å². The number of hydrogen-bond donors (Lipinski definition) is 1. The van der Waals surface area contributed by atoms with E-state index in [-0.39, 0.29) is 16.3 Å². The Morgan fingerprint density at radius 2 is 1.61 bits per heavy atom. The molecule has 1 fully saturated rings. The van der Waals surface area contributed by atoms with E-state index < -0.39 is 22.5 Å². The highest BCUT2D eigenvalue weighted by Gasteiger charge is 2.29. The van der Waals surface area contributed by atoms with Gasteiger partial charge < -0.3 is 9.47 Å². The Hall–Kier alpha value is -3.89. The molecule has 0 unspecified atom stereocenters. The Morgan fingerprint density at radius 3 is 2.24 bits per heavy atom. The number of rotatable bonds is 10. The van der Waals surface area contributed by atoms with Gasteiger partial charge in [-0.05, 0) is 29.8 Å². The monoisotopic (exact) mass is 536 g/mol. The van der Waals surface area contributed by atoms with Crippen LogP contribution in [-0.2, 0) is 21.4 Å². The fraction of sp³-hybridized carbons (Fsp3) is 0.286. The molecular formula is C28H32N4O5S. The maximum absolute atomic E-state index is 13.6. The van der Waals surface area contributed by atoms with Gasteiger partial charge in [0, 0.05) is 44.3 Å². The third-order valence-corrected chi connectivity index (χ3v) is 8.07. The maximum atomic E-state index is 13.6. The number of nitrogens with one attached hydrogen (secondary N) is 1. The molecule has 0 aliphatic carbocycles. The van der Waals surface area contributed by atoms with Gasteiger partial charge >= 0.3 is 0 Å². The highest BCUT2D eigenvalue weighted by Crippen LogP contribution is 2.35. The van der Waals surface area contributed by atoms with Crippen LogP contribution in [0.15, 0.2) is 88.9 Å². The number of amides is 1. The zero-order chi connectivity index (χ0) is 27.0. The van der Waals surface area contributed by atoms with Crippen molar-refractivity contribution in [2.75, 3.05) is 38.2 Å². The first-order chi connectivity index (χ1) is 18.4. The van der Waals surface area contributed by atoms with Crippen molar-refractivity contribution < 1.29 is 22.7 Å². The smallest absolute Gasteiger partial charge is 0.264 e. The van der Waals surface area contributed by atoms with Crippen LogP contribution in [0.2, 0.25) is 0 Å². The number of benzene rings is 3. The van der Waals surface area contributed by atoms with Gasteiger partial charge in [-0.15, -0.1) is 0 Å². The van der Waals surface area contributed by atoms with Crippen LogP contribution in [0.25, 0.3) is 0 Å². The average Bonchev–Trinajstić information content (AvgIpc) is 2.96. The molecule has 200 valence electrons. The summed E-state index contributed by atoms with van der Waals surface area (Å²) < 4.78 is 38.9. The number of hydrogen-bond acceptors (Lipinski definition) is 7. The van der Waals surface area contributed by atoms with E-state index in [1.165, 1.54) is 31.9 Å². The topological polar surface area (TPSA) is 101 Å². The van der Waals surface area contributed by atoms with Crippen LogP contribution in [0.3, 0.4) is 0 Å². The third kappa shape index (κ3) is 6.70. The van der Waals surface area contributed by atoms with Crippen molar-refractivity contribution in [3.05, 3.63) is 84.4 Å². The molecule has 38 heavy (non-hydrogen) atoms. The van der Waals surface area contributed by atoms with Gasteiger partial charge in [-0.1, -0.05) is 48.5 Å². The van der Waals surface area contributed by atoms with E-state index in [1.807, 2.05) is 18.2 Å². The SMILES string of the molecule is COc1ccc(N(CC(=O)NN=C2CCN(Cc3ccccc3)CC2)S(=O)(=O)c2ccccc2)c(OC)c1. The minimum atomic E-state index is -4.09. The van der Waals surface area contributed by atoms with Crippen LogP contribution in [0.4, 0.5) is 5.69 Å². The molecule has 0 aromatic heterocycles. The quantitative estimate of drug-likeness (QED) is 0.397. The second-order valence-corrected chi connectivity index (χ2v) is 10.7. The van der Waals surface area contributed by atoms with Gasteiger partial charge in [0.25, 0.3) is 15.9 Å². The summed E-state index contributed by atoms with van der Waals surface area (Å²) in [4.78, 5) is 15.4. The van der Waals surface area contributed by atoms with Crippen LogP contribution in [-0.4, -0.2) is 58.8 Å². The number of methoxy groups -OCH3 is 2. The van der Waals surface area contributed by atoms with Gasteiger partial charge in [-0.2, -0.15) is 5.10 Å². The summed E-state index contributed by atoms with van der Waals surface area (Å²) in [5.74, 6) is 0.201. The Morgan fingerprint density at radius 1 is 0.947 bits per heavy atom. The highest BCUT2D eigenvalue weighted by molar-refractivity contribution is 7.92. The minimum absolute atomic E-state index is 0.0581. The van der Waals surface area contributed by atoms with Crippen molar-refractivity contribution in [1.29, 1.82) is 0 Å². The normalized spacial score (nSPS) is 14.0. The molecule has 10 heteroatoms. The number of likely N-dealkylation sites (tertiary alicyclic amines) is 1. The molecule has 1 aliphatic rings. The van der Waals surface area contributed by atoms with E-state index in [4.69, 9.17) is 9.47 Å². The van der Waals surface area contributed by atoms with Crippen LogP contribution >= 0.6 is 0 Å². The number of carbonyl (C=O) groups is 1. The highest BCUT2D eigenvalue weighted by atomic mass is 32.2. The third-order valence-electron chi connectivity index (χ3n) is 6.29. The number of hydrazone groups is 1. The first-order valence-electron chi connectivity index (χ1n) is 12.3. The van der Waals surface area contributed by atoms with E-state index >= 15 is 0 Å². The van der Waals surface area contributed by atoms with Crippen molar-refractivity contribution >= 4 is 27.3 Å². The van der Waals surface area contributed by atoms with Gasteiger partial charge in [-0.25, -0.2) is 13.8 Å². The fourth-order valence-electron chi connectivity index (χ4n) is 4.24. The van der Waals surface area contributed by atoms with Gasteiger partial charge in [0.05, 0.1) is 24.8 Å². The summed E-state index contributed by atoms with van der Waals surface area (Å²) in [6.07, 6.45) is 1.46. The van der Waals surface area contributed by atoms with Crippen LogP contribution in [0, 0.1) is 0 Å². The summed E-state index contributed by atoms with van der Waals surface area (Å²) in [6, 6.07) is 23.0. The lowest BCUT2D eigenvalue weighted by molar-refractivity contribution is -0.119. The first kappa shape index (κ1) is 27.2. The largest absolute Gasteiger partial charge is 0.497 e. The molecule has 1 amide bonds. The summed E-state index contributed by atoms with van der Waals surface area (Å²) in [7, 11) is -1.15. The molecular weight excluding hydrogens is 504 g/mol. The second-order valence-electron chi connectivity index (χ2n) is 8.84. The summed E-state index contributed by atoms with van der Waals surface area (Å²) in [5.41, 5.74) is 4.91. The fourth-order valence-corrected chi connectivity index (χ4v) is 5.69. The Bertz CT molecular complexity index is 1350. The molecule has 9 nitrogen and oxygen atoms in total. The molecule has 0 saturated carbocycles. The molecule has 0 radical (unpaired) electrons. The number of carbonyl (C=O) groups excluding carboxylic acids is 1. The van der Waals surface area contributed by atoms with Crippen molar-refractivity contribution in [2.24, 2.45) is 5.10 Å². The molecule has 1 saturated heterocycles. The summed E-state index contributed by atoms with van der Waals surface area (Å²) in [5, 5.41) is 4.31. The number of sulfonamides is 1. The molecule has 3 aromatic carbocycles. The Balaban J connectivity index is 1.47. The second kappa shape index (κ2) is 12.6. The van der Waals surface area contributed by atoms with E-state index in [0.29, 0.717) is 5.75 Å². The zero-order valence-corrected chi connectivity index (χ0v) is 22.4. The molecule has 1 heterocycles. The number of piperidine rings is 1. The Labute approximate surface area is 223 Å².